The minimum absolute atomic E-state index is 0.884. The van der Waals surface area contributed by atoms with Crippen LogP contribution in [0.25, 0.3) is 0 Å². The van der Waals surface area contributed by atoms with Crippen LogP contribution >= 0.6 is 0 Å². The second-order valence-corrected chi connectivity index (χ2v) is 4.53. The molecule has 22 heavy (non-hydrogen) atoms. The molecule has 0 aromatic heterocycles. The van der Waals surface area contributed by atoms with E-state index in [0.29, 0.717) is 0 Å². The summed E-state index contributed by atoms with van der Waals surface area (Å²) >= 11 is 0. The maximum Gasteiger partial charge on any atom is 0.490 e. The Hall–Kier alpha value is -1.56. The maximum absolute atomic E-state index is 10.6. The van der Waals surface area contributed by atoms with Gasteiger partial charge < -0.3 is 20.4 Å². The number of carboxylic acid groups (broad SMARTS) is 2. The minimum Gasteiger partial charge on any atom is -0.475 e. The average Bonchev–Trinajstić information content (AvgIpc) is 2.69. The van der Waals surface area contributed by atoms with Gasteiger partial charge in [0.1, 0.15) is 0 Å². The standard InChI is InChI=1S/C6H12N2.2C2HF3O2/c1-8-4-5-2-7-3-6(5)8;2*3-2(4,5)1(6)7/h5-7H,2-4H2,1H3;2*(H,6,7). The van der Waals surface area contributed by atoms with Crippen molar-refractivity contribution in [3.63, 3.8) is 0 Å². The largest absolute Gasteiger partial charge is 0.490 e. The number of hydrogen-bond acceptors (Lipinski definition) is 4. The van der Waals surface area contributed by atoms with Crippen LogP contribution in [0.5, 0.6) is 0 Å². The Morgan fingerprint density at radius 2 is 1.36 bits per heavy atom. The molecule has 2 heterocycles. The van der Waals surface area contributed by atoms with Gasteiger partial charge in [0.15, 0.2) is 0 Å². The second kappa shape index (κ2) is 7.63. The number of aliphatic carboxylic acids is 2. The number of carbonyl (C=O) groups is 2. The van der Waals surface area contributed by atoms with Crippen LogP contribution in [0, 0.1) is 5.92 Å². The highest BCUT2D eigenvalue weighted by Crippen LogP contribution is 2.24. The van der Waals surface area contributed by atoms with Crippen LogP contribution in [0.4, 0.5) is 26.3 Å². The lowest BCUT2D eigenvalue weighted by atomic mass is 9.93. The van der Waals surface area contributed by atoms with Crippen molar-refractivity contribution in [2.75, 3.05) is 26.7 Å². The molecule has 130 valence electrons. The Balaban J connectivity index is 0.000000303. The first-order valence-electron chi connectivity index (χ1n) is 5.78. The van der Waals surface area contributed by atoms with Crippen LogP contribution < -0.4 is 5.32 Å². The average molecular weight is 340 g/mol. The Kier molecular flexibility index (Phi) is 7.09. The number of fused-ring (bicyclic) bond motifs is 1. The van der Waals surface area contributed by atoms with Crippen molar-refractivity contribution < 1.29 is 46.1 Å². The van der Waals surface area contributed by atoms with Gasteiger partial charge in [-0.15, -0.1) is 0 Å². The van der Waals surface area contributed by atoms with Gasteiger partial charge in [-0.1, -0.05) is 0 Å². The first-order chi connectivity index (χ1) is 9.76. The number of nitrogens with zero attached hydrogens (tertiary/aromatic N) is 1. The lowest BCUT2D eigenvalue weighted by Crippen LogP contribution is -2.52. The topological polar surface area (TPSA) is 89.9 Å². The molecule has 3 N–H and O–H groups in total. The number of rotatable bonds is 0. The van der Waals surface area contributed by atoms with E-state index in [4.69, 9.17) is 19.8 Å². The van der Waals surface area contributed by atoms with E-state index < -0.39 is 24.3 Å². The number of halogens is 6. The molecule has 0 aromatic rings. The predicted octanol–water partition coefficient (Wildman–Crippen LogP) is 0.786. The van der Waals surface area contributed by atoms with Gasteiger partial charge in [-0.25, -0.2) is 9.59 Å². The summed E-state index contributed by atoms with van der Waals surface area (Å²) in [7, 11) is 2.20. The maximum atomic E-state index is 10.6. The third-order valence-corrected chi connectivity index (χ3v) is 2.88. The number of hydrogen-bond donors (Lipinski definition) is 3. The SMILES string of the molecule is CN1CC2CNCC21.O=C(O)C(F)(F)F.O=C(O)C(F)(F)F. The summed E-state index contributed by atoms with van der Waals surface area (Å²) in [5, 5.41) is 17.6. The summed E-state index contributed by atoms with van der Waals surface area (Å²) in [6, 6.07) is 0.884. The number of likely N-dealkylation sites (N-methyl/N-ethyl adjacent to an activating group) is 1. The van der Waals surface area contributed by atoms with Gasteiger partial charge in [0.25, 0.3) is 0 Å². The molecule has 2 fully saturated rings. The third-order valence-electron chi connectivity index (χ3n) is 2.88. The van der Waals surface area contributed by atoms with Crippen LogP contribution in [0.15, 0.2) is 0 Å². The monoisotopic (exact) mass is 340 g/mol. The summed E-state index contributed by atoms with van der Waals surface area (Å²) in [4.78, 5) is 20.2. The molecule has 2 unspecified atom stereocenters. The van der Waals surface area contributed by atoms with E-state index in [0.717, 1.165) is 12.0 Å². The fourth-order valence-corrected chi connectivity index (χ4v) is 1.79. The normalized spacial score (nSPS) is 24.0. The first-order valence-corrected chi connectivity index (χ1v) is 5.78. The van der Waals surface area contributed by atoms with Crippen LogP contribution in [0.1, 0.15) is 0 Å². The molecular weight excluding hydrogens is 326 g/mol. The summed E-state index contributed by atoms with van der Waals surface area (Å²) in [6.45, 7) is 3.80. The van der Waals surface area contributed by atoms with Crippen LogP contribution in [0.3, 0.4) is 0 Å². The summed E-state index contributed by atoms with van der Waals surface area (Å²) in [5.74, 6) is -4.53. The lowest BCUT2D eigenvalue weighted by Gasteiger charge is -2.40. The molecule has 2 atom stereocenters. The predicted molar refractivity (Wildman–Crippen MR) is 60.2 cm³/mol. The van der Waals surface area contributed by atoms with E-state index >= 15 is 0 Å². The number of alkyl halides is 6. The zero-order chi connectivity index (χ0) is 17.7. The number of carboxylic acids is 2. The molecule has 2 aliphatic heterocycles. The van der Waals surface area contributed by atoms with Crippen molar-refractivity contribution in [2.24, 2.45) is 5.92 Å². The molecule has 0 spiro atoms. The van der Waals surface area contributed by atoms with Crippen molar-refractivity contribution >= 4 is 11.9 Å². The number of nitrogens with one attached hydrogen (secondary N) is 1. The highest BCUT2D eigenvalue weighted by Gasteiger charge is 2.39. The third kappa shape index (κ3) is 6.93. The van der Waals surface area contributed by atoms with Crippen LogP contribution in [-0.4, -0.2) is 72.1 Å². The van der Waals surface area contributed by atoms with E-state index in [2.05, 4.69) is 17.3 Å². The Bertz CT molecular complexity index is 374. The van der Waals surface area contributed by atoms with E-state index in [1.54, 1.807) is 0 Å². The van der Waals surface area contributed by atoms with Crippen molar-refractivity contribution in [3.05, 3.63) is 0 Å². The summed E-state index contributed by atoms with van der Waals surface area (Å²) in [6.07, 6.45) is -10.2. The molecule has 2 aliphatic rings. The van der Waals surface area contributed by atoms with Gasteiger partial charge in [0.05, 0.1) is 0 Å². The van der Waals surface area contributed by atoms with E-state index in [1.165, 1.54) is 19.6 Å². The molecule has 12 heteroatoms. The van der Waals surface area contributed by atoms with Crippen LogP contribution in [0.2, 0.25) is 0 Å². The van der Waals surface area contributed by atoms with Gasteiger partial charge in [0.2, 0.25) is 0 Å². The Labute approximate surface area is 120 Å². The van der Waals surface area contributed by atoms with Crippen LogP contribution in [-0.2, 0) is 9.59 Å². The van der Waals surface area contributed by atoms with Crippen molar-refractivity contribution in [2.45, 2.75) is 18.4 Å². The molecule has 0 saturated carbocycles. The van der Waals surface area contributed by atoms with E-state index in [9.17, 15) is 26.3 Å². The highest BCUT2D eigenvalue weighted by atomic mass is 19.4. The fraction of sp³-hybridized carbons (Fsp3) is 0.800. The van der Waals surface area contributed by atoms with Crippen molar-refractivity contribution in [1.29, 1.82) is 0 Å². The van der Waals surface area contributed by atoms with Gasteiger partial charge in [-0.2, -0.15) is 26.3 Å². The first kappa shape index (κ1) is 20.4. The smallest absolute Gasteiger partial charge is 0.475 e. The van der Waals surface area contributed by atoms with Gasteiger partial charge in [-0.3, -0.25) is 0 Å². The summed E-state index contributed by atoms with van der Waals surface area (Å²) in [5.41, 5.74) is 0. The molecule has 0 aliphatic carbocycles. The molecule has 0 radical (unpaired) electrons. The molecular formula is C10H14F6N2O4. The minimum atomic E-state index is -5.08. The molecule has 0 aromatic carbocycles. The molecule has 2 rings (SSSR count). The van der Waals surface area contributed by atoms with Gasteiger partial charge >= 0.3 is 24.3 Å². The Morgan fingerprint density at radius 1 is 1.00 bits per heavy atom. The van der Waals surface area contributed by atoms with Crippen molar-refractivity contribution in [1.82, 2.24) is 10.2 Å². The molecule has 6 nitrogen and oxygen atoms in total. The zero-order valence-electron chi connectivity index (χ0n) is 11.2. The lowest BCUT2D eigenvalue weighted by molar-refractivity contribution is -0.193. The van der Waals surface area contributed by atoms with Gasteiger partial charge in [0, 0.05) is 31.6 Å². The molecule has 0 amide bonds. The molecule has 2 saturated heterocycles. The second-order valence-electron chi connectivity index (χ2n) is 4.53. The number of likely N-dealkylation sites (tertiary alicyclic amines) is 1. The van der Waals surface area contributed by atoms with Gasteiger partial charge in [-0.05, 0) is 7.05 Å². The Morgan fingerprint density at radius 3 is 1.55 bits per heavy atom. The van der Waals surface area contributed by atoms with Crippen molar-refractivity contribution in [3.8, 4) is 0 Å². The fourth-order valence-electron chi connectivity index (χ4n) is 1.79. The quantitative estimate of drug-likeness (QED) is 0.565. The van der Waals surface area contributed by atoms with E-state index in [1.807, 2.05) is 0 Å². The zero-order valence-corrected chi connectivity index (χ0v) is 11.2. The molecule has 0 bridgehead atoms. The van der Waals surface area contributed by atoms with E-state index in [-0.39, 0.29) is 0 Å². The summed E-state index contributed by atoms with van der Waals surface area (Å²) < 4.78 is 63.5. The highest BCUT2D eigenvalue weighted by molar-refractivity contribution is 5.73.